The zero-order valence-corrected chi connectivity index (χ0v) is 16.0. The maximum atomic E-state index is 5.52. The first-order valence-corrected chi connectivity index (χ1v) is 9.65. The molecule has 0 saturated heterocycles. The Morgan fingerprint density at radius 1 is 1.16 bits per heavy atom. The van der Waals surface area contributed by atoms with Gasteiger partial charge in [-0.15, -0.1) is 13.2 Å². The van der Waals surface area contributed by atoms with Crippen molar-refractivity contribution in [3.05, 3.63) is 48.3 Å². The number of hydrogen-bond acceptors (Lipinski definition) is 1. The highest BCUT2D eigenvalue weighted by atomic mass is 16.5. The van der Waals surface area contributed by atoms with Crippen molar-refractivity contribution in [2.24, 2.45) is 28.6 Å². The molecule has 5 unspecified atom stereocenters. The summed E-state index contributed by atoms with van der Waals surface area (Å²) in [4.78, 5) is 0. The smallest absolute Gasteiger partial charge is 0.0958 e. The quantitative estimate of drug-likeness (QED) is 0.462. The van der Waals surface area contributed by atoms with Crippen LogP contribution < -0.4 is 0 Å². The van der Waals surface area contributed by atoms with Crippen molar-refractivity contribution in [2.75, 3.05) is 7.11 Å². The van der Waals surface area contributed by atoms with Gasteiger partial charge in [0.1, 0.15) is 0 Å². The van der Waals surface area contributed by atoms with Gasteiger partial charge in [-0.1, -0.05) is 45.9 Å². The molecule has 1 nitrogen and oxygen atoms in total. The predicted octanol–water partition coefficient (Wildman–Crippen LogP) is 7.08. The van der Waals surface area contributed by atoms with Gasteiger partial charge in [0.2, 0.25) is 0 Å². The summed E-state index contributed by atoms with van der Waals surface area (Å²) in [6.45, 7) is 13.5. The first-order valence-electron chi connectivity index (χ1n) is 9.65. The van der Waals surface area contributed by atoms with Crippen LogP contribution in [-0.2, 0) is 4.74 Å². The molecule has 0 aromatic rings. The highest BCUT2D eigenvalue weighted by Crippen LogP contribution is 2.63. The fourth-order valence-corrected chi connectivity index (χ4v) is 6.02. The van der Waals surface area contributed by atoms with Crippen molar-refractivity contribution in [1.82, 2.24) is 0 Å². The van der Waals surface area contributed by atoms with E-state index in [1.165, 1.54) is 37.7 Å². The molecule has 1 saturated carbocycles. The van der Waals surface area contributed by atoms with Crippen LogP contribution in [0.2, 0.25) is 0 Å². The summed E-state index contributed by atoms with van der Waals surface area (Å²) in [7, 11) is 1.81. The minimum atomic E-state index is 0. The van der Waals surface area contributed by atoms with E-state index in [1.807, 2.05) is 7.11 Å². The minimum Gasteiger partial charge on any atom is -0.501 e. The van der Waals surface area contributed by atoms with Gasteiger partial charge in [-0.05, 0) is 66.9 Å². The van der Waals surface area contributed by atoms with Crippen LogP contribution in [0.3, 0.4) is 0 Å². The molecule has 25 heavy (non-hydrogen) atoms. The number of allylic oxidation sites excluding steroid dienone is 6. The molecule has 4 rings (SSSR count). The lowest BCUT2D eigenvalue weighted by Crippen LogP contribution is -2.42. The number of rotatable bonds is 1. The van der Waals surface area contributed by atoms with Crippen molar-refractivity contribution in [1.29, 1.82) is 0 Å². The van der Waals surface area contributed by atoms with Gasteiger partial charge in [-0.2, -0.15) is 0 Å². The highest BCUT2D eigenvalue weighted by Gasteiger charge is 2.53. The Morgan fingerprint density at radius 2 is 1.88 bits per heavy atom. The van der Waals surface area contributed by atoms with E-state index in [0.29, 0.717) is 5.41 Å². The average molecular weight is 343 g/mol. The van der Waals surface area contributed by atoms with Crippen molar-refractivity contribution >= 4 is 0 Å². The van der Waals surface area contributed by atoms with E-state index in [9.17, 15) is 0 Å². The first kappa shape index (κ1) is 20.1. The Labute approximate surface area is 155 Å². The van der Waals surface area contributed by atoms with E-state index < -0.39 is 0 Å². The monoisotopic (exact) mass is 342 g/mol. The summed E-state index contributed by atoms with van der Waals surface area (Å²) < 4.78 is 5.52. The number of ether oxygens (including phenoxy) is 1. The molecule has 1 fully saturated rings. The van der Waals surface area contributed by atoms with Gasteiger partial charge in [-0.25, -0.2) is 0 Å². The molecular formula is C24H38O. The van der Waals surface area contributed by atoms with E-state index in [2.05, 4.69) is 52.2 Å². The molecule has 140 valence electrons. The van der Waals surface area contributed by atoms with Crippen molar-refractivity contribution < 1.29 is 4.74 Å². The summed E-state index contributed by atoms with van der Waals surface area (Å²) in [5, 5.41) is 0. The van der Waals surface area contributed by atoms with Crippen LogP contribution in [0.15, 0.2) is 48.3 Å². The molecule has 4 aliphatic carbocycles. The Hall–Kier alpha value is -1.24. The molecule has 0 aromatic carbocycles. The van der Waals surface area contributed by atoms with Crippen LogP contribution in [0.1, 0.15) is 66.7 Å². The van der Waals surface area contributed by atoms with Crippen LogP contribution in [0.4, 0.5) is 0 Å². The molecule has 0 amide bonds. The molecule has 0 aliphatic heterocycles. The largest absolute Gasteiger partial charge is 0.501 e. The molecule has 0 spiro atoms. The Bertz CT molecular complexity index is 595. The average Bonchev–Trinajstić information content (AvgIpc) is 2.91. The lowest BCUT2D eigenvalue weighted by Gasteiger charge is -2.52. The zero-order chi connectivity index (χ0) is 17.5. The number of methoxy groups -OCH3 is 1. The topological polar surface area (TPSA) is 9.23 Å². The van der Waals surface area contributed by atoms with Crippen molar-refractivity contribution in [2.45, 2.75) is 66.7 Å². The van der Waals surface area contributed by atoms with Crippen LogP contribution in [-0.4, -0.2) is 7.11 Å². The fourth-order valence-electron chi connectivity index (χ4n) is 6.02. The lowest BCUT2D eigenvalue weighted by atomic mass is 9.52. The first-order chi connectivity index (χ1) is 11.5. The highest BCUT2D eigenvalue weighted by molar-refractivity contribution is 5.45. The molecule has 0 heterocycles. The van der Waals surface area contributed by atoms with Gasteiger partial charge in [0, 0.05) is 11.8 Å². The van der Waals surface area contributed by atoms with Gasteiger partial charge in [0.15, 0.2) is 0 Å². The van der Waals surface area contributed by atoms with E-state index in [1.54, 1.807) is 5.57 Å². The summed E-state index contributed by atoms with van der Waals surface area (Å²) in [6, 6.07) is 0. The second-order valence-electron chi connectivity index (χ2n) is 8.60. The fraction of sp³-hybridized carbons (Fsp3) is 0.667. The minimum absolute atomic E-state index is 0. The molecule has 1 heteroatoms. The van der Waals surface area contributed by atoms with Gasteiger partial charge in [0.25, 0.3) is 0 Å². The standard InChI is InChI=1S/C21H30O.C2H4.CH4/c1-14-5-8-18-17-7-6-15-13-16(22-4)9-11-21(15,3)19(17)10-12-20(14,18)2;1-2;/h6,10,13-14,17-18H,5,7-9,11-12H2,1-4H3;1-2H2;1H4. The zero-order valence-electron chi connectivity index (χ0n) is 16.0. The van der Waals surface area contributed by atoms with Crippen LogP contribution in [0.25, 0.3) is 0 Å². The molecule has 0 bridgehead atoms. The van der Waals surface area contributed by atoms with Gasteiger partial charge < -0.3 is 4.74 Å². The summed E-state index contributed by atoms with van der Waals surface area (Å²) in [6.07, 6.45) is 15.2. The van der Waals surface area contributed by atoms with Crippen LogP contribution in [0.5, 0.6) is 0 Å². The van der Waals surface area contributed by atoms with E-state index in [4.69, 9.17) is 4.74 Å². The number of fused-ring (bicyclic) bond motifs is 5. The lowest BCUT2D eigenvalue weighted by molar-refractivity contribution is 0.102. The number of hydrogen-bond donors (Lipinski definition) is 0. The molecule has 4 aliphatic rings. The second kappa shape index (κ2) is 7.17. The molecule has 0 aromatic heterocycles. The van der Waals surface area contributed by atoms with Crippen LogP contribution >= 0.6 is 0 Å². The van der Waals surface area contributed by atoms with Crippen LogP contribution in [0, 0.1) is 28.6 Å². The molecular weight excluding hydrogens is 304 g/mol. The van der Waals surface area contributed by atoms with E-state index in [0.717, 1.165) is 29.9 Å². The third-order valence-corrected chi connectivity index (χ3v) is 7.85. The second-order valence-corrected chi connectivity index (χ2v) is 8.60. The normalized spacial score (nSPS) is 41.3. The van der Waals surface area contributed by atoms with Crippen molar-refractivity contribution in [3.8, 4) is 0 Å². The van der Waals surface area contributed by atoms with Gasteiger partial charge in [0.05, 0.1) is 12.9 Å². The molecule has 0 N–H and O–H groups in total. The Kier molecular flexibility index (Phi) is 5.76. The predicted molar refractivity (Wildman–Crippen MR) is 109 cm³/mol. The third kappa shape index (κ3) is 2.84. The van der Waals surface area contributed by atoms with Crippen molar-refractivity contribution in [3.63, 3.8) is 0 Å². The maximum Gasteiger partial charge on any atom is 0.0958 e. The SMILES string of the molecule is C.C=C.COC1=CC2=CCC3C(=CCC4(C)C(C)CCC34)C2(C)CC1. The third-order valence-electron chi connectivity index (χ3n) is 7.85. The summed E-state index contributed by atoms with van der Waals surface area (Å²) >= 11 is 0. The van der Waals surface area contributed by atoms with E-state index >= 15 is 0 Å². The van der Waals surface area contributed by atoms with Gasteiger partial charge in [-0.3, -0.25) is 0 Å². The summed E-state index contributed by atoms with van der Waals surface area (Å²) in [5.74, 6) is 3.76. The summed E-state index contributed by atoms with van der Waals surface area (Å²) in [5.41, 5.74) is 4.12. The Morgan fingerprint density at radius 3 is 2.56 bits per heavy atom. The molecule has 5 atom stereocenters. The van der Waals surface area contributed by atoms with Gasteiger partial charge >= 0.3 is 0 Å². The van der Waals surface area contributed by atoms with E-state index in [-0.39, 0.29) is 12.8 Å². The maximum absolute atomic E-state index is 5.52. The molecule has 0 radical (unpaired) electrons. The Balaban J connectivity index is 0.000000726.